The summed E-state index contributed by atoms with van der Waals surface area (Å²) in [6, 6.07) is 18.5. The van der Waals surface area contributed by atoms with E-state index < -0.39 is 6.10 Å². The lowest BCUT2D eigenvalue weighted by Gasteiger charge is -2.15. The first-order valence-electron chi connectivity index (χ1n) is 10.0. The average molecular weight is 390 g/mol. The molecule has 0 saturated carbocycles. The van der Waals surface area contributed by atoms with E-state index in [1.54, 1.807) is 6.20 Å². The van der Waals surface area contributed by atoms with E-state index in [1.165, 1.54) is 5.56 Å². The van der Waals surface area contributed by atoms with Gasteiger partial charge in [-0.3, -0.25) is 9.48 Å². The Hall–Kier alpha value is -2.96. The highest BCUT2D eigenvalue weighted by atomic mass is 16.5. The van der Waals surface area contributed by atoms with E-state index in [-0.39, 0.29) is 12.0 Å². The van der Waals surface area contributed by atoms with Crippen LogP contribution in [0.5, 0.6) is 0 Å². The highest BCUT2D eigenvalue weighted by molar-refractivity contribution is 5.81. The van der Waals surface area contributed by atoms with Gasteiger partial charge >= 0.3 is 0 Å². The summed E-state index contributed by atoms with van der Waals surface area (Å²) in [5.74, 6) is -0.0645. The minimum Gasteiger partial charge on any atom is -0.364 e. The number of aromatic nitrogens is 2. The molecule has 29 heavy (non-hydrogen) atoms. The lowest BCUT2D eigenvalue weighted by Crippen LogP contribution is -2.35. The number of ether oxygens (including phenoxy) is 1. The molecule has 1 amide bonds. The second-order valence-corrected chi connectivity index (χ2v) is 7.34. The third-order valence-corrected chi connectivity index (χ3v) is 5.30. The van der Waals surface area contributed by atoms with Gasteiger partial charge in [0, 0.05) is 25.5 Å². The van der Waals surface area contributed by atoms with Gasteiger partial charge in [0.2, 0.25) is 5.91 Å². The van der Waals surface area contributed by atoms with Crippen molar-refractivity contribution < 1.29 is 9.53 Å². The predicted octanol–water partition coefficient (Wildman–Crippen LogP) is 2.72. The second kappa shape index (κ2) is 9.03. The number of amides is 1. The molecule has 1 aliphatic rings. The molecule has 0 unspecified atom stereocenters. The van der Waals surface area contributed by atoms with Crippen LogP contribution in [0.4, 0.5) is 0 Å². The van der Waals surface area contributed by atoms with Gasteiger partial charge in [0.05, 0.1) is 12.6 Å². The lowest BCUT2D eigenvalue weighted by atomic mass is 9.98. The van der Waals surface area contributed by atoms with Gasteiger partial charge in [0.15, 0.2) is 0 Å². The molecule has 1 saturated heterocycles. The molecule has 2 aromatic carbocycles. The average Bonchev–Trinajstić information content (AvgIpc) is 3.45. The summed E-state index contributed by atoms with van der Waals surface area (Å²) < 4.78 is 7.59. The van der Waals surface area contributed by atoms with Crippen molar-refractivity contribution >= 4 is 5.91 Å². The van der Waals surface area contributed by atoms with E-state index >= 15 is 0 Å². The number of nitrogens with zero attached hydrogens (tertiary/aromatic N) is 2. The molecule has 0 bridgehead atoms. The van der Waals surface area contributed by atoms with Crippen LogP contribution in [-0.4, -0.2) is 34.4 Å². The van der Waals surface area contributed by atoms with Crippen LogP contribution in [0.25, 0.3) is 11.1 Å². The molecule has 4 rings (SSSR count). The zero-order valence-corrected chi connectivity index (χ0v) is 16.3. The number of rotatable bonds is 7. The summed E-state index contributed by atoms with van der Waals surface area (Å²) in [5.41, 5.74) is 10.1. The maximum absolute atomic E-state index is 12.4. The van der Waals surface area contributed by atoms with Crippen molar-refractivity contribution in [3.05, 3.63) is 78.1 Å². The van der Waals surface area contributed by atoms with Gasteiger partial charge in [0.1, 0.15) is 6.10 Å². The van der Waals surface area contributed by atoms with Gasteiger partial charge in [-0.05, 0) is 41.2 Å². The molecule has 6 heteroatoms. The monoisotopic (exact) mass is 390 g/mol. The van der Waals surface area contributed by atoms with Gasteiger partial charge in [-0.1, -0.05) is 48.5 Å². The fraction of sp³-hybridized carbons (Fsp3) is 0.304. The standard InChI is InChI=1S/C23H26N4O2/c24-14-20-10-11-22(29-20)23(28)25-15-19-4-1-2-5-21(19)18-8-6-17(7-9-18)16-27-13-3-12-26-27/h1-9,12-13,20,22H,10-11,14-16,24H2,(H,25,28)/t20-,22+/m1/s1. The van der Waals surface area contributed by atoms with E-state index in [1.807, 2.05) is 35.1 Å². The predicted molar refractivity (Wildman–Crippen MR) is 112 cm³/mol. The summed E-state index contributed by atoms with van der Waals surface area (Å²) in [5, 5.41) is 7.27. The first-order valence-corrected chi connectivity index (χ1v) is 10.0. The molecule has 2 heterocycles. The third-order valence-electron chi connectivity index (χ3n) is 5.30. The van der Waals surface area contributed by atoms with Crippen molar-refractivity contribution in [2.75, 3.05) is 6.54 Å². The number of hydrogen-bond donors (Lipinski definition) is 2. The quantitative estimate of drug-likeness (QED) is 0.650. The molecule has 2 atom stereocenters. The minimum atomic E-state index is -0.391. The normalized spacial score (nSPS) is 18.7. The van der Waals surface area contributed by atoms with Crippen LogP contribution in [-0.2, 0) is 22.6 Å². The Morgan fingerprint density at radius 3 is 2.69 bits per heavy atom. The lowest BCUT2D eigenvalue weighted by molar-refractivity contribution is -0.132. The molecule has 3 N–H and O–H groups in total. The Morgan fingerprint density at radius 2 is 1.97 bits per heavy atom. The van der Waals surface area contributed by atoms with Crippen LogP contribution >= 0.6 is 0 Å². The number of nitrogens with two attached hydrogens (primary N) is 1. The molecule has 1 fully saturated rings. The highest BCUT2D eigenvalue weighted by Gasteiger charge is 2.29. The van der Waals surface area contributed by atoms with Crippen molar-refractivity contribution in [2.24, 2.45) is 5.73 Å². The molecule has 0 radical (unpaired) electrons. The SMILES string of the molecule is NC[C@H]1CC[C@@H](C(=O)NCc2ccccc2-c2ccc(Cn3cccn3)cc2)O1. The Morgan fingerprint density at radius 1 is 1.14 bits per heavy atom. The third kappa shape index (κ3) is 4.72. The van der Waals surface area contributed by atoms with Crippen molar-refractivity contribution in [1.82, 2.24) is 15.1 Å². The van der Waals surface area contributed by atoms with Gasteiger partial charge in [-0.25, -0.2) is 0 Å². The van der Waals surface area contributed by atoms with Crippen molar-refractivity contribution in [1.29, 1.82) is 0 Å². The number of carbonyl (C=O) groups is 1. The van der Waals surface area contributed by atoms with E-state index in [9.17, 15) is 4.79 Å². The fourth-order valence-electron chi connectivity index (χ4n) is 3.69. The Balaban J connectivity index is 1.42. The van der Waals surface area contributed by atoms with Gasteiger partial charge in [0.25, 0.3) is 0 Å². The topological polar surface area (TPSA) is 82.2 Å². The van der Waals surface area contributed by atoms with Crippen LogP contribution in [0.2, 0.25) is 0 Å². The molecular formula is C23H26N4O2. The van der Waals surface area contributed by atoms with Gasteiger partial charge in [-0.2, -0.15) is 5.10 Å². The number of nitrogens with one attached hydrogen (secondary N) is 1. The molecule has 0 spiro atoms. The van der Waals surface area contributed by atoms with Crippen molar-refractivity contribution in [3.63, 3.8) is 0 Å². The molecule has 6 nitrogen and oxygen atoms in total. The fourth-order valence-corrected chi connectivity index (χ4v) is 3.69. The van der Waals surface area contributed by atoms with Crippen LogP contribution in [0.1, 0.15) is 24.0 Å². The first kappa shape index (κ1) is 19.4. The van der Waals surface area contributed by atoms with Gasteiger partial charge < -0.3 is 15.8 Å². The van der Waals surface area contributed by atoms with Crippen LogP contribution in [0, 0.1) is 0 Å². The van der Waals surface area contributed by atoms with Gasteiger partial charge in [-0.15, -0.1) is 0 Å². The van der Waals surface area contributed by atoms with E-state index in [0.717, 1.165) is 36.1 Å². The van der Waals surface area contributed by atoms with Crippen LogP contribution < -0.4 is 11.1 Å². The number of hydrogen-bond acceptors (Lipinski definition) is 4. The molecule has 150 valence electrons. The number of benzene rings is 2. The maximum Gasteiger partial charge on any atom is 0.249 e. The Labute approximate surface area is 170 Å². The molecule has 1 aromatic heterocycles. The first-order chi connectivity index (χ1) is 14.2. The van der Waals surface area contributed by atoms with E-state index in [4.69, 9.17) is 10.5 Å². The zero-order chi connectivity index (χ0) is 20.1. The Kier molecular flexibility index (Phi) is 6.03. The maximum atomic E-state index is 12.4. The Bertz CT molecular complexity index is 938. The second-order valence-electron chi connectivity index (χ2n) is 7.34. The van der Waals surface area contributed by atoms with Crippen LogP contribution in [0.3, 0.4) is 0 Å². The summed E-state index contributed by atoms with van der Waals surface area (Å²) in [6.07, 6.45) is 4.92. The molecule has 0 aliphatic carbocycles. The highest BCUT2D eigenvalue weighted by Crippen LogP contribution is 2.25. The molecule has 1 aliphatic heterocycles. The van der Waals surface area contributed by atoms with Crippen molar-refractivity contribution in [2.45, 2.75) is 38.1 Å². The molecular weight excluding hydrogens is 364 g/mol. The summed E-state index contributed by atoms with van der Waals surface area (Å²) in [7, 11) is 0. The van der Waals surface area contributed by atoms with E-state index in [0.29, 0.717) is 13.1 Å². The smallest absolute Gasteiger partial charge is 0.249 e. The minimum absolute atomic E-state index is 0.00158. The van der Waals surface area contributed by atoms with Crippen LogP contribution in [0.15, 0.2) is 67.0 Å². The van der Waals surface area contributed by atoms with E-state index in [2.05, 4.69) is 40.7 Å². The van der Waals surface area contributed by atoms with Crippen molar-refractivity contribution in [3.8, 4) is 11.1 Å². The summed E-state index contributed by atoms with van der Waals surface area (Å²) >= 11 is 0. The molecule has 3 aromatic rings. The zero-order valence-electron chi connectivity index (χ0n) is 16.3. The number of carbonyl (C=O) groups excluding carboxylic acids is 1. The summed E-state index contributed by atoms with van der Waals surface area (Å²) in [6.45, 7) is 1.68. The summed E-state index contributed by atoms with van der Waals surface area (Å²) in [4.78, 5) is 12.4. The largest absolute Gasteiger partial charge is 0.364 e.